The van der Waals surface area contributed by atoms with Gasteiger partial charge in [0.15, 0.2) is 0 Å². The number of hydrogen-bond donors (Lipinski definition) is 4. The van der Waals surface area contributed by atoms with Crippen molar-refractivity contribution in [3.8, 4) is 11.4 Å². The SMILES string of the molecule is CCC(NC(=O)[C@H](C)N(C)C(=O)OC(C)(C)C)C(=O)N1C[C@@H](OC(C)=O)C[C@H]1Cc1c(-c2[nH]c3cc(F)ccc3c2C[C@@H]2CC(OC(C)=O)CN2C(=O)[C@H](CC)NC(=O)[C@H](C)N(C)C(=O)OC(C)(C)C)[nH]c2cc(F)ccc12. The number of benzene rings is 2. The molecule has 0 spiro atoms. The first-order chi connectivity index (χ1) is 36.4. The van der Waals surface area contributed by atoms with E-state index in [1.807, 2.05) is 0 Å². The number of fused-ring (bicyclic) bond motifs is 2. The van der Waals surface area contributed by atoms with E-state index in [9.17, 15) is 38.4 Å². The van der Waals surface area contributed by atoms with Crippen molar-refractivity contribution in [2.24, 2.45) is 0 Å². The van der Waals surface area contributed by atoms with E-state index in [0.29, 0.717) is 44.3 Å². The van der Waals surface area contributed by atoms with Gasteiger partial charge in [-0.1, -0.05) is 13.8 Å². The number of aromatic amines is 2. The van der Waals surface area contributed by atoms with Crippen molar-refractivity contribution < 1.29 is 66.1 Å². The fourth-order valence-electron chi connectivity index (χ4n) is 10.1. The molecule has 0 aliphatic carbocycles. The van der Waals surface area contributed by atoms with Gasteiger partial charge < -0.3 is 49.3 Å². The summed E-state index contributed by atoms with van der Waals surface area (Å²) in [6.07, 6.45) is -2.00. The molecular weight excluding hydrogens is 1010 g/mol. The number of H-pyrrole nitrogens is 2. The second-order valence-electron chi connectivity index (χ2n) is 22.4. The first kappa shape index (κ1) is 60.0. The van der Waals surface area contributed by atoms with Crippen LogP contribution < -0.4 is 10.6 Å². The van der Waals surface area contributed by atoms with Crippen LogP contribution in [0.25, 0.3) is 33.2 Å². The number of carbonyl (C=O) groups is 8. The van der Waals surface area contributed by atoms with E-state index in [2.05, 4.69) is 20.6 Å². The Morgan fingerprint density at radius 3 is 1.28 bits per heavy atom. The molecule has 426 valence electrons. The van der Waals surface area contributed by atoms with Gasteiger partial charge in [-0.15, -0.1) is 0 Å². The van der Waals surface area contributed by atoms with Crippen molar-refractivity contribution in [2.45, 2.75) is 181 Å². The maximum atomic E-state index is 15.2. The third-order valence-corrected chi connectivity index (χ3v) is 14.2. The molecule has 6 amide bonds. The Morgan fingerprint density at radius 1 is 0.628 bits per heavy atom. The summed E-state index contributed by atoms with van der Waals surface area (Å²) >= 11 is 0. The molecular formula is C56H76F2N8O12. The van der Waals surface area contributed by atoms with Gasteiger partial charge in [0, 0.05) is 74.7 Å². The highest BCUT2D eigenvalue weighted by molar-refractivity contribution is 5.97. The lowest BCUT2D eigenvalue weighted by Gasteiger charge is -2.31. The van der Waals surface area contributed by atoms with Crippen molar-refractivity contribution in [1.82, 2.24) is 40.2 Å². The largest absolute Gasteiger partial charge is 0.461 e. The van der Waals surface area contributed by atoms with Crippen molar-refractivity contribution in [1.29, 1.82) is 0 Å². The number of esters is 2. The molecule has 2 unspecified atom stereocenters. The van der Waals surface area contributed by atoms with E-state index in [-0.39, 0.29) is 51.6 Å². The third-order valence-electron chi connectivity index (χ3n) is 14.2. The van der Waals surface area contributed by atoms with Crippen molar-refractivity contribution in [3.63, 3.8) is 0 Å². The molecule has 4 N–H and O–H groups in total. The lowest BCUT2D eigenvalue weighted by Crippen LogP contribution is -2.55. The minimum absolute atomic E-state index is 0.0142. The molecule has 2 aromatic carbocycles. The van der Waals surface area contributed by atoms with Gasteiger partial charge in [0.1, 0.15) is 59.2 Å². The molecule has 78 heavy (non-hydrogen) atoms. The van der Waals surface area contributed by atoms with Crippen molar-refractivity contribution >= 4 is 69.6 Å². The predicted molar refractivity (Wildman–Crippen MR) is 286 cm³/mol. The zero-order valence-corrected chi connectivity index (χ0v) is 47.2. The maximum absolute atomic E-state index is 15.2. The predicted octanol–water partition coefficient (Wildman–Crippen LogP) is 7.05. The molecule has 0 radical (unpaired) electrons. The lowest BCUT2D eigenvalue weighted by molar-refractivity contribution is -0.147. The Hall–Kier alpha value is -7.26. The molecule has 20 nitrogen and oxygen atoms in total. The first-order valence-electron chi connectivity index (χ1n) is 26.5. The number of halogens is 2. The summed E-state index contributed by atoms with van der Waals surface area (Å²) in [7, 11) is 2.85. The van der Waals surface area contributed by atoms with Crippen LogP contribution in [-0.2, 0) is 60.6 Å². The summed E-state index contributed by atoms with van der Waals surface area (Å²) < 4.78 is 52.7. The van der Waals surface area contributed by atoms with Gasteiger partial charge in [0.2, 0.25) is 23.6 Å². The molecule has 0 bridgehead atoms. The number of nitrogens with one attached hydrogen (secondary N) is 4. The van der Waals surface area contributed by atoms with E-state index < -0.39 is 119 Å². The van der Waals surface area contributed by atoms with Gasteiger partial charge in [-0.25, -0.2) is 18.4 Å². The van der Waals surface area contributed by atoms with E-state index in [1.54, 1.807) is 77.3 Å². The second kappa shape index (κ2) is 24.2. The standard InChI is InChI=1S/C56H76F2N8O12/c1-15-43(61-49(69)29(3)63(13)53(73)77-55(7,8)9)51(71)65-27-37(75-31(5)67)23-35(65)25-41-39-19-17-33(57)21-45(39)59-47(41)48-42(40-20-18-34(58)22-46(40)60-48)26-36-24-38(76-32(6)68)28-66(36)52(72)44(16-2)62-50(70)30(4)64(14)54(74)78-56(10,11)12/h17-22,29-30,35-38,43-44,59-60H,15-16,23-28H2,1-14H3,(H,61,69)(H,62,70)/t29-,30-,35-,36-,37-,38?,43?,44-/m0/s1. The van der Waals surface area contributed by atoms with Crippen molar-refractivity contribution in [2.75, 3.05) is 27.2 Å². The number of rotatable bonds is 17. The van der Waals surface area contributed by atoms with Crippen LogP contribution in [0.5, 0.6) is 0 Å². The Bertz CT molecular complexity index is 2730. The van der Waals surface area contributed by atoms with Crippen LogP contribution in [0.3, 0.4) is 0 Å². The Balaban J connectivity index is 1.38. The average Bonchev–Trinajstić information content (AvgIpc) is 4.21. The van der Waals surface area contributed by atoms with Crippen LogP contribution in [0.4, 0.5) is 18.4 Å². The van der Waals surface area contributed by atoms with Gasteiger partial charge in [-0.2, -0.15) is 0 Å². The number of nitrogens with zero attached hydrogens (tertiary/aromatic N) is 4. The number of likely N-dealkylation sites (N-methyl/N-ethyl adjacent to an activating group) is 2. The van der Waals surface area contributed by atoms with E-state index in [1.165, 1.54) is 66.1 Å². The van der Waals surface area contributed by atoms with Gasteiger partial charge in [-0.05, 0) is 129 Å². The second-order valence-corrected chi connectivity index (χ2v) is 22.4. The van der Waals surface area contributed by atoms with Crippen LogP contribution in [0.1, 0.15) is 120 Å². The van der Waals surface area contributed by atoms with Crippen LogP contribution in [0.2, 0.25) is 0 Å². The summed E-state index contributed by atoms with van der Waals surface area (Å²) in [4.78, 5) is 120. The third kappa shape index (κ3) is 14.3. The van der Waals surface area contributed by atoms with Gasteiger partial charge >= 0.3 is 24.1 Å². The summed E-state index contributed by atoms with van der Waals surface area (Å²) in [5, 5.41) is 6.80. The molecule has 4 aromatic rings. The van der Waals surface area contributed by atoms with Gasteiger partial charge in [0.05, 0.1) is 24.5 Å². The number of likely N-dealkylation sites (tertiary alicyclic amines) is 2. The Kier molecular flexibility index (Phi) is 18.6. The Labute approximate surface area is 453 Å². The molecule has 2 fully saturated rings. The molecule has 2 aliphatic rings. The molecule has 22 heteroatoms. The minimum Gasteiger partial charge on any atom is -0.461 e. The van der Waals surface area contributed by atoms with Crippen LogP contribution >= 0.6 is 0 Å². The normalized spacial score (nSPS) is 19.2. The van der Waals surface area contributed by atoms with E-state index in [4.69, 9.17) is 18.9 Å². The summed E-state index contributed by atoms with van der Waals surface area (Å²) in [5.41, 5.74) is 1.29. The summed E-state index contributed by atoms with van der Waals surface area (Å²) in [5.74, 6) is -4.34. The maximum Gasteiger partial charge on any atom is 0.410 e. The number of ether oxygens (including phenoxy) is 4. The molecule has 0 saturated carbocycles. The fourth-order valence-corrected chi connectivity index (χ4v) is 10.1. The van der Waals surface area contributed by atoms with E-state index >= 15 is 8.78 Å². The fraction of sp³-hybridized carbons (Fsp3) is 0.571. The molecule has 8 atom stereocenters. The summed E-state index contributed by atoms with van der Waals surface area (Å²) in [6.45, 7) is 19.2. The highest BCUT2D eigenvalue weighted by Gasteiger charge is 2.43. The number of hydrogen-bond acceptors (Lipinski definition) is 12. The van der Waals surface area contributed by atoms with Crippen LogP contribution in [-0.4, -0.2) is 164 Å². The topological polar surface area (TPSA) is 242 Å². The van der Waals surface area contributed by atoms with Crippen LogP contribution in [0.15, 0.2) is 36.4 Å². The van der Waals surface area contributed by atoms with Crippen LogP contribution in [0, 0.1) is 11.6 Å². The first-order valence-corrected chi connectivity index (χ1v) is 26.5. The highest BCUT2D eigenvalue weighted by atomic mass is 19.1. The quantitative estimate of drug-likeness (QED) is 0.0615. The highest BCUT2D eigenvalue weighted by Crippen LogP contribution is 2.40. The number of aromatic nitrogens is 2. The smallest absolute Gasteiger partial charge is 0.410 e. The number of amides is 6. The summed E-state index contributed by atoms with van der Waals surface area (Å²) in [6, 6.07) is 2.98. The molecule has 2 aliphatic heterocycles. The molecule has 2 aromatic heterocycles. The van der Waals surface area contributed by atoms with Gasteiger partial charge in [-0.3, -0.25) is 38.6 Å². The zero-order chi connectivity index (χ0) is 57.9. The van der Waals surface area contributed by atoms with Crippen molar-refractivity contribution in [3.05, 3.63) is 59.2 Å². The zero-order valence-electron chi connectivity index (χ0n) is 47.2. The monoisotopic (exact) mass is 1090 g/mol. The lowest BCUT2D eigenvalue weighted by atomic mass is 9.94. The molecule has 2 saturated heterocycles. The van der Waals surface area contributed by atoms with Gasteiger partial charge in [0.25, 0.3) is 0 Å². The molecule has 6 rings (SSSR count). The van der Waals surface area contributed by atoms with E-state index in [0.717, 1.165) is 9.80 Å². The average molecular weight is 1090 g/mol. The number of carbonyl (C=O) groups excluding carboxylic acids is 8. The molecule has 4 heterocycles. The minimum atomic E-state index is -1.06. The Morgan fingerprint density at radius 2 is 0.974 bits per heavy atom.